The summed E-state index contributed by atoms with van der Waals surface area (Å²) in [5.74, 6) is 0. The van der Waals surface area contributed by atoms with E-state index in [0.29, 0.717) is 0 Å². The first-order chi connectivity index (χ1) is 5.41. The van der Waals surface area contributed by atoms with E-state index in [1.807, 2.05) is 6.08 Å². The van der Waals surface area contributed by atoms with Crippen LogP contribution in [0.15, 0.2) is 24.0 Å². The number of unbranched alkanes of at least 4 members (excludes halogenated alkanes) is 4. The van der Waals surface area contributed by atoms with Gasteiger partial charge in [0.25, 0.3) is 0 Å². The molecule has 61 valence electrons. The van der Waals surface area contributed by atoms with Crippen LogP contribution in [0.2, 0.25) is 0 Å². The van der Waals surface area contributed by atoms with Crippen LogP contribution in [0, 0.1) is 6.58 Å². The quantitative estimate of drug-likeness (QED) is 0.307. The average Bonchev–Trinajstić information content (AvgIpc) is 2.03. The Morgan fingerprint density at radius 1 is 1.18 bits per heavy atom. The highest BCUT2D eigenvalue weighted by Crippen LogP contribution is 2.03. The normalized spacial score (nSPS) is 9.91. The van der Waals surface area contributed by atoms with E-state index in [-0.39, 0.29) is 0 Å². The topological polar surface area (TPSA) is 0 Å². The van der Waals surface area contributed by atoms with E-state index in [1.54, 1.807) is 0 Å². The molecule has 0 heterocycles. The van der Waals surface area contributed by atoms with E-state index in [9.17, 15) is 0 Å². The van der Waals surface area contributed by atoms with Gasteiger partial charge in [0.05, 0.1) is 0 Å². The third-order valence-corrected chi connectivity index (χ3v) is 1.57. The highest BCUT2D eigenvalue weighted by molar-refractivity contribution is 4.77. The lowest BCUT2D eigenvalue weighted by molar-refractivity contribution is 0.696. The zero-order valence-corrected chi connectivity index (χ0v) is 7.34. The molecule has 0 saturated carbocycles. The predicted octanol–water partition coefficient (Wildman–Crippen LogP) is 3.66. The van der Waals surface area contributed by atoms with Crippen molar-refractivity contribution < 1.29 is 0 Å². The van der Waals surface area contributed by atoms with Crippen LogP contribution < -0.4 is 0 Å². The Bertz CT molecular complexity index is 136. The highest BCUT2D eigenvalue weighted by Gasteiger charge is 1.84. The number of hydrogen-bond acceptors (Lipinski definition) is 0. The molecule has 0 amide bonds. The summed E-state index contributed by atoms with van der Waals surface area (Å²) < 4.78 is 0. The lowest BCUT2D eigenvalue weighted by Crippen LogP contribution is -1.73. The molecule has 0 heteroatoms. The van der Waals surface area contributed by atoms with Crippen molar-refractivity contribution in [1.82, 2.24) is 0 Å². The first-order valence-electron chi connectivity index (χ1n) is 4.30. The number of rotatable bonds is 6. The molecule has 0 nitrogen and oxygen atoms in total. The fourth-order valence-corrected chi connectivity index (χ4v) is 0.935. The monoisotopic (exact) mass is 149 g/mol. The van der Waals surface area contributed by atoms with Crippen LogP contribution in [0.1, 0.15) is 39.0 Å². The minimum atomic E-state index is 1.08. The summed E-state index contributed by atoms with van der Waals surface area (Å²) >= 11 is 0. The van der Waals surface area contributed by atoms with Gasteiger partial charge < -0.3 is 0 Å². The van der Waals surface area contributed by atoms with Gasteiger partial charge in [-0.1, -0.05) is 18.6 Å². The molecule has 0 aromatic rings. The van der Waals surface area contributed by atoms with Gasteiger partial charge in [-0.2, -0.15) is 0 Å². The lowest BCUT2D eigenvalue weighted by atomic mass is 10.1. The minimum absolute atomic E-state index is 1.08. The Morgan fingerprint density at radius 2 is 1.91 bits per heavy atom. The van der Waals surface area contributed by atoms with E-state index in [2.05, 4.69) is 24.8 Å². The molecule has 0 bridgehead atoms. The van der Waals surface area contributed by atoms with Crippen molar-refractivity contribution >= 4 is 0 Å². The van der Waals surface area contributed by atoms with E-state index < -0.39 is 0 Å². The standard InChI is InChI=1S/C11H17/c1-3-5-7-9-11-10-8-6-4-2/h1,4-6H,7-11H2,2H3. The third-order valence-electron chi connectivity index (χ3n) is 1.57. The van der Waals surface area contributed by atoms with E-state index >= 15 is 0 Å². The van der Waals surface area contributed by atoms with Crippen LogP contribution in [-0.4, -0.2) is 0 Å². The fourth-order valence-electron chi connectivity index (χ4n) is 0.935. The summed E-state index contributed by atoms with van der Waals surface area (Å²) in [5, 5.41) is 0. The second-order valence-corrected chi connectivity index (χ2v) is 2.58. The van der Waals surface area contributed by atoms with Crippen LogP contribution in [0.5, 0.6) is 0 Å². The van der Waals surface area contributed by atoms with E-state index in [0.717, 1.165) is 6.42 Å². The Balaban J connectivity index is 2.96. The van der Waals surface area contributed by atoms with Crippen LogP contribution in [0.25, 0.3) is 0 Å². The van der Waals surface area contributed by atoms with Gasteiger partial charge in [0.1, 0.15) is 0 Å². The molecule has 0 aromatic carbocycles. The molecule has 0 aliphatic rings. The van der Waals surface area contributed by atoms with Gasteiger partial charge in [-0.25, -0.2) is 0 Å². The van der Waals surface area contributed by atoms with Crippen molar-refractivity contribution in [3.63, 3.8) is 0 Å². The van der Waals surface area contributed by atoms with Crippen molar-refractivity contribution in [2.24, 2.45) is 0 Å². The summed E-state index contributed by atoms with van der Waals surface area (Å²) in [7, 11) is 0. The molecule has 0 spiro atoms. The van der Waals surface area contributed by atoms with Crippen molar-refractivity contribution in [3.05, 3.63) is 30.5 Å². The Labute approximate surface area is 70.3 Å². The van der Waals surface area contributed by atoms with Crippen LogP contribution in [0.3, 0.4) is 0 Å². The molecule has 0 aliphatic heterocycles. The summed E-state index contributed by atoms with van der Waals surface area (Å²) in [4.78, 5) is 0. The molecule has 1 radical (unpaired) electrons. The second-order valence-electron chi connectivity index (χ2n) is 2.58. The van der Waals surface area contributed by atoms with Crippen molar-refractivity contribution in [3.8, 4) is 0 Å². The Hall–Kier alpha value is -0.740. The average molecular weight is 149 g/mol. The molecule has 0 unspecified atom stereocenters. The molecule has 0 saturated heterocycles. The molecule has 0 aromatic heterocycles. The van der Waals surface area contributed by atoms with Crippen molar-refractivity contribution in [2.45, 2.75) is 39.0 Å². The third kappa shape index (κ3) is 9.26. The molecular formula is C11H17. The van der Waals surface area contributed by atoms with Gasteiger partial charge in [-0.05, 0) is 45.3 Å². The molecule has 11 heavy (non-hydrogen) atoms. The largest absolute Gasteiger partial charge is 0.125 e. The molecule has 0 fully saturated rings. The van der Waals surface area contributed by atoms with Gasteiger partial charge in [0.2, 0.25) is 0 Å². The van der Waals surface area contributed by atoms with Crippen molar-refractivity contribution in [1.29, 1.82) is 0 Å². The van der Waals surface area contributed by atoms with Crippen LogP contribution in [0.4, 0.5) is 0 Å². The van der Waals surface area contributed by atoms with Gasteiger partial charge in [-0.3, -0.25) is 0 Å². The van der Waals surface area contributed by atoms with E-state index in [1.165, 1.54) is 25.7 Å². The molecule has 0 rings (SSSR count). The van der Waals surface area contributed by atoms with Gasteiger partial charge >= 0.3 is 0 Å². The predicted molar refractivity (Wildman–Crippen MR) is 50.3 cm³/mol. The maximum Gasteiger partial charge on any atom is -0.0126 e. The van der Waals surface area contributed by atoms with Gasteiger partial charge in [0.15, 0.2) is 0 Å². The molecule has 0 N–H and O–H groups in total. The SMILES string of the molecule is [CH]=C=CCCCCCC=CC. The zero-order chi connectivity index (χ0) is 8.36. The summed E-state index contributed by atoms with van der Waals surface area (Å²) in [5.41, 5.74) is 2.53. The first-order valence-corrected chi connectivity index (χ1v) is 4.30. The maximum absolute atomic E-state index is 5.07. The van der Waals surface area contributed by atoms with Crippen molar-refractivity contribution in [2.75, 3.05) is 0 Å². The molecule has 0 atom stereocenters. The lowest BCUT2D eigenvalue weighted by Gasteiger charge is -1.93. The molecular weight excluding hydrogens is 132 g/mol. The smallest absolute Gasteiger partial charge is 0.0126 e. The van der Waals surface area contributed by atoms with Gasteiger partial charge in [0, 0.05) is 0 Å². The van der Waals surface area contributed by atoms with Gasteiger partial charge in [-0.15, -0.1) is 5.73 Å². The van der Waals surface area contributed by atoms with Crippen LogP contribution in [-0.2, 0) is 0 Å². The summed E-state index contributed by atoms with van der Waals surface area (Å²) in [6, 6.07) is 0. The number of allylic oxidation sites excluding steroid dienone is 3. The highest BCUT2D eigenvalue weighted by atomic mass is 13.9. The molecule has 0 aliphatic carbocycles. The first kappa shape index (κ1) is 10.3. The number of hydrogen-bond donors (Lipinski definition) is 0. The fraction of sp³-hybridized carbons (Fsp3) is 0.545. The minimum Gasteiger partial charge on any atom is -0.125 e. The maximum atomic E-state index is 5.07. The zero-order valence-electron chi connectivity index (χ0n) is 7.34. The Kier molecular flexibility index (Phi) is 8.64. The summed E-state index contributed by atoms with van der Waals surface area (Å²) in [6.07, 6.45) is 12.3. The van der Waals surface area contributed by atoms with E-state index in [4.69, 9.17) is 6.58 Å². The summed E-state index contributed by atoms with van der Waals surface area (Å²) in [6.45, 7) is 7.14. The Morgan fingerprint density at radius 3 is 2.55 bits per heavy atom. The van der Waals surface area contributed by atoms with Crippen LogP contribution >= 0.6 is 0 Å². The second kappa shape index (κ2) is 9.26.